The summed E-state index contributed by atoms with van der Waals surface area (Å²) < 4.78 is 48.0. The van der Waals surface area contributed by atoms with E-state index in [1.165, 1.54) is 47.1 Å². The van der Waals surface area contributed by atoms with E-state index >= 15 is 8.78 Å². The molecule has 16 heteroatoms. The van der Waals surface area contributed by atoms with E-state index < -0.39 is 40.9 Å². The molecule has 296 valence electrons. The van der Waals surface area contributed by atoms with Gasteiger partial charge in [-0.25, -0.2) is 9.78 Å². The summed E-state index contributed by atoms with van der Waals surface area (Å²) in [5, 5.41) is 3.39. The maximum atomic E-state index is 16.1. The Kier molecular flexibility index (Phi) is 8.49. The molecule has 1 atom stereocenters. The largest absolute Gasteiger partial charge is 0.496 e. The molecule has 3 aliphatic heterocycles. The molecule has 14 nitrogen and oxygen atoms in total. The number of fused-ring (bicyclic) bond motifs is 3. The Labute approximate surface area is 328 Å². The molecule has 0 saturated carbocycles. The first kappa shape index (κ1) is 36.8. The number of benzene rings is 3. The minimum atomic E-state index is -3.90. The molecule has 2 saturated heterocycles. The molecule has 2 fully saturated rings. The minimum Gasteiger partial charge on any atom is -0.496 e. The number of anilines is 2. The molecule has 3 amide bonds. The topological polar surface area (TPSA) is 150 Å². The van der Waals surface area contributed by atoms with E-state index in [0.717, 1.165) is 30.2 Å². The minimum absolute atomic E-state index is 0.0100. The zero-order valence-electron chi connectivity index (χ0n) is 32.0. The van der Waals surface area contributed by atoms with Crippen LogP contribution in [-0.4, -0.2) is 63.7 Å². The summed E-state index contributed by atoms with van der Waals surface area (Å²) in [6, 6.07) is 13.7. The zero-order valence-corrected chi connectivity index (χ0v) is 32.0. The number of piperidine rings is 1. The highest BCUT2D eigenvalue weighted by molar-refractivity contribution is 6.07. The second-order valence-corrected chi connectivity index (χ2v) is 14.8. The number of pyridine rings is 2. The maximum absolute atomic E-state index is 16.1. The van der Waals surface area contributed by atoms with E-state index in [4.69, 9.17) is 9.47 Å². The molecule has 1 N–H and O–H groups in total. The van der Waals surface area contributed by atoms with E-state index in [9.17, 15) is 24.0 Å². The van der Waals surface area contributed by atoms with Gasteiger partial charge >= 0.3 is 17.5 Å². The van der Waals surface area contributed by atoms with Crippen LogP contribution in [0.15, 0.2) is 76.6 Å². The molecule has 3 aliphatic rings. The summed E-state index contributed by atoms with van der Waals surface area (Å²) in [5.74, 6) is -5.03. The third-order valence-electron chi connectivity index (χ3n) is 11.5. The summed E-state index contributed by atoms with van der Waals surface area (Å²) in [4.78, 5) is 72.6. The first-order chi connectivity index (χ1) is 27.8. The smallest absolute Gasteiger partial charge is 0.352 e. The summed E-state index contributed by atoms with van der Waals surface area (Å²) in [7, 11) is 6.06. The van der Waals surface area contributed by atoms with Gasteiger partial charge in [-0.15, -0.1) is 0 Å². The molecule has 3 aromatic heterocycles. The van der Waals surface area contributed by atoms with Gasteiger partial charge in [0.1, 0.15) is 23.4 Å². The first-order valence-corrected chi connectivity index (χ1v) is 18.7. The SMILES string of the molecule is COc1cc(-c2cn(C)c(=O)c3cnc(N4CCC4)cc23)cc(OC)c1CN1C(=O)C(F)(F)c2cc(-c3cccc4c3n(C)c(=O)n4C3CCC(=O)NC3=O)ccc21. The summed E-state index contributed by atoms with van der Waals surface area (Å²) in [6.45, 7) is 1.42. The van der Waals surface area contributed by atoms with Crippen molar-refractivity contribution < 1.29 is 32.6 Å². The summed E-state index contributed by atoms with van der Waals surface area (Å²) in [5.41, 5.74) is 2.00. The molecule has 6 heterocycles. The van der Waals surface area contributed by atoms with E-state index in [2.05, 4.69) is 15.2 Å². The third kappa shape index (κ3) is 5.49. The Bertz CT molecular complexity index is 2870. The van der Waals surface area contributed by atoms with Gasteiger partial charge in [0.15, 0.2) is 0 Å². The van der Waals surface area contributed by atoms with Crippen molar-refractivity contribution in [1.82, 2.24) is 24.0 Å². The van der Waals surface area contributed by atoms with Crippen LogP contribution in [0.2, 0.25) is 0 Å². The van der Waals surface area contributed by atoms with Gasteiger partial charge in [-0.2, -0.15) is 8.78 Å². The number of hydrogen-bond acceptors (Lipinski definition) is 9. The van der Waals surface area contributed by atoms with E-state index in [1.54, 1.807) is 55.8 Å². The van der Waals surface area contributed by atoms with Crippen LogP contribution < -0.4 is 35.8 Å². The number of carbonyl (C=O) groups excluding carboxylic acids is 3. The summed E-state index contributed by atoms with van der Waals surface area (Å²) >= 11 is 0. The number of rotatable bonds is 8. The van der Waals surface area contributed by atoms with Crippen molar-refractivity contribution in [1.29, 1.82) is 0 Å². The number of nitrogens with zero attached hydrogens (tertiary/aromatic N) is 6. The van der Waals surface area contributed by atoms with Crippen LogP contribution in [0.1, 0.15) is 36.4 Å². The number of imide groups is 1. The van der Waals surface area contributed by atoms with Gasteiger partial charge in [0.2, 0.25) is 11.8 Å². The fourth-order valence-corrected chi connectivity index (χ4v) is 8.39. The molecule has 0 spiro atoms. The standard InChI is InChI=1S/C42H37F2N7O7/c1-47-20-27(25-18-35(49-13-6-14-49)45-19-26(25)39(47)54)23-16-33(57-3)28(34(17-23)58-4)21-50-30-10-9-22(15-29(30)42(43,44)40(50)55)24-7-5-8-31-37(24)48(2)41(56)51(31)32-11-12-36(52)46-38(32)53/h5,7-10,15-20,32H,6,11-14,21H2,1-4H3,(H,46,52,53). The fraction of sp³-hybridized carbons (Fsp3) is 0.286. The maximum Gasteiger partial charge on any atom is 0.352 e. The van der Waals surface area contributed by atoms with Crippen molar-refractivity contribution in [2.75, 3.05) is 37.1 Å². The van der Waals surface area contributed by atoms with Crippen LogP contribution in [-0.2, 0) is 40.9 Å². The van der Waals surface area contributed by atoms with E-state index in [0.29, 0.717) is 49.6 Å². The highest BCUT2D eigenvalue weighted by atomic mass is 19.3. The molecule has 0 radical (unpaired) electrons. The van der Waals surface area contributed by atoms with Crippen LogP contribution in [0.3, 0.4) is 0 Å². The lowest BCUT2D eigenvalue weighted by Gasteiger charge is -2.32. The molecule has 0 aliphatic carbocycles. The second kappa shape index (κ2) is 13.4. The average Bonchev–Trinajstić information content (AvgIpc) is 3.55. The second-order valence-electron chi connectivity index (χ2n) is 14.8. The lowest BCUT2D eigenvalue weighted by Crippen LogP contribution is -2.44. The average molecular weight is 790 g/mol. The number of carbonyl (C=O) groups is 3. The molecular weight excluding hydrogens is 752 g/mol. The Balaban J connectivity index is 1.11. The number of amides is 3. The van der Waals surface area contributed by atoms with Gasteiger partial charge in [-0.05, 0) is 60.4 Å². The number of hydrogen-bond donors (Lipinski definition) is 1. The van der Waals surface area contributed by atoms with Crippen LogP contribution in [0.25, 0.3) is 44.1 Å². The van der Waals surface area contributed by atoms with E-state index in [-0.39, 0.29) is 42.1 Å². The fourth-order valence-electron chi connectivity index (χ4n) is 8.39. The molecular formula is C42H37F2N7O7. The Morgan fingerprint density at radius 2 is 1.64 bits per heavy atom. The van der Waals surface area contributed by atoms with Crippen molar-refractivity contribution >= 4 is 51.0 Å². The van der Waals surface area contributed by atoms with Crippen molar-refractivity contribution in [3.63, 3.8) is 0 Å². The van der Waals surface area contributed by atoms with Gasteiger partial charge in [0, 0.05) is 62.5 Å². The Hall–Kier alpha value is -6.84. The van der Waals surface area contributed by atoms with Gasteiger partial charge in [0.05, 0.1) is 54.0 Å². The third-order valence-corrected chi connectivity index (χ3v) is 11.5. The normalized spacial score (nSPS) is 17.5. The highest BCUT2D eigenvalue weighted by Gasteiger charge is 2.53. The molecule has 6 aromatic rings. The van der Waals surface area contributed by atoms with Crippen molar-refractivity contribution in [2.24, 2.45) is 14.1 Å². The number of methoxy groups -OCH3 is 2. The van der Waals surface area contributed by atoms with Crippen molar-refractivity contribution in [3.8, 4) is 33.8 Å². The number of ether oxygens (including phenoxy) is 2. The van der Waals surface area contributed by atoms with Gasteiger partial charge in [0.25, 0.3) is 5.56 Å². The first-order valence-electron chi connectivity index (χ1n) is 18.7. The number of aromatic nitrogens is 4. The molecule has 58 heavy (non-hydrogen) atoms. The molecule has 1 unspecified atom stereocenters. The lowest BCUT2D eigenvalue weighted by atomic mass is 9.98. The van der Waals surface area contributed by atoms with Gasteiger partial charge in [-0.3, -0.25) is 33.6 Å². The number of aryl methyl sites for hydroxylation is 2. The van der Waals surface area contributed by atoms with Crippen molar-refractivity contribution in [2.45, 2.75) is 37.8 Å². The Morgan fingerprint density at radius 1 is 0.897 bits per heavy atom. The number of imidazole rings is 1. The van der Waals surface area contributed by atoms with Crippen LogP contribution in [0.4, 0.5) is 20.3 Å². The summed E-state index contributed by atoms with van der Waals surface area (Å²) in [6.07, 6.45) is 4.56. The molecule has 0 bridgehead atoms. The van der Waals surface area contributed by atoms with Gasteiger partial charge in [-0.1, -0.05) is 18.2 Å². The molecule has 3 aromatic carbocycles. The molecule has 9 rings (SSSR count). The monoisotopic (exact) mass is 789 g/mol. The number of para-hydroxylation sites is 1. The highest BCUT2D eigenvalue weighted by Crippen LogP contribution is 2.48. The van der Waals surface area contributed by atoms with Crippen LogP contribution in [0.5, 0.6) is 11.5 Å². The number of halogens is 2. The quantitative estimate of drug-likeness (QED) is 0.216. The van der Waals surface area contributed by atoms with Crippen molar-refractivity contribution in [3.05, 3.63) is 99.0 Å². The lowest BCUT2D eigenvalue weighted by molar-refractivity contribution is -0.141. The zero-order chi connectivity index (χ0) is 40.8. The predicted molar refractivity (Wildman–Crippen MR) is 211 cm³/mol. The van der Waals surface area contributed by atoms with Crippen LogP contribution >= 0.6 is 0 Å². The van der Waals surface area contributed by atoms with Gasteiger partial charge < -0.3 is 23.8 Å². The van der Waals surface area contributed by atoms with Crippen LogP contribution in [0, 0.1) is 0 Å². The number of alkyl halides is 2. The number of nitrogens with one attached hydrogen (secondary N) is 1. The van der Waals surface area contributed by atoms with E-state index in [1.807, 2.05) is 6.07 Å². The predicted octanol–water partition coefficient (Wildman–Crippen LogP) is 4.76. The Morgan fingerprint density at radius 3 is 2.31 bits per heavy atom.